The van der Waals surface area contributed by atoms with Crippen molar-refractivity contribution in [1.29, 1.82) is 0 Å². The normalized spacial score (nSPS) is 15.4. The first-order valence-electron chi connectivity index (χ1n) is 10.6. The van der Waals surface area contributed by atoms with E-state index >= 15 is 0 Å². The molecule has 0 saturated carbocycles. The summed E-state index contributed by atoms with van der Waals surface area (Å²) in [5.74, 6) is -0.377. The molecule has 6 nitrogen and oxygen atoms in total. The minimum atomic E-state index is -3.72. The van der Waals surface area contributed by atoms with Crippen LogP contribution in [0.4, 0.5) is 17.1 Å². The monoisotopic (exact) mass is 463 g/mol. The molecule has 0 aromatic heterocycles. The summed E-state index contributed by atoms with van der Waals surface area (Å²) in [6, 6.07) is 11.9. The van der Waals surface area contributed by atoms with E-state index in [0.717, 1.165) is 30.6 Å². The van der Waals surface area contributed by atoms with Gasteiger partial charge in [0.05, 0.1) is 11.9 Å². The van der Waals surface area contributed by atoms with Gasteiger partial charge in [0, 0.05) is 29.5 Å². The van der Waals surface area contributed by atoms with Gasteiger partial charge < -0.3 is 10.2 Å². The van der Waals surface area contributed by atoms with Crippen molar-refractivity contribution in [3.8, 4) is 0 Å². The summed E-state index contributed by atoms with van der Waals surface area (Å²) in [4.78, 5) is 15.5. The fraction of sp³-hybridized carbons (Fsp3) is 0.435. The molecule has 1 aliphatic rings. The van der Waals surface area contributed by atoms with Crippen LogP contribution >= 0.6 is 11.6 Å². The Kier molecular flexibility index (Phi) is 7.49. The quantitative estimate of drug-likeness (QED) is 0.638. The van der Waals surface area contributed by atoms with Crippen LogP contribution in [0.1, 0.15) is 38.2 Å². The van der Waals surface area contributed by atoms with E-state index in [1.165, 1.54) is 23.6 Å². The Labute approximate surface area is 190 Å². The van der Waals surface area contributed by atoms with Crippen molar-refractivity contribution in [2.75, 3.05) is 33.9 Å². The van der Waals surface area contributed by atoms with Crippen LogP contribution in [-0.4, -0.2) is 39.7 Å². The molecule has 3 rings (SSSR count). The first-order chi connectivity index (χ1) is 14.7. The van der Waals surface area contributed by atoms with Crippen molar-refractivity contribution in [2.24, 2.45) is 0 Å². The molecule has 8 heteroatoms. The molecular weight excluding hydrogens is 434 g/mol. The number of nitrogens with zero attached hydrogens (tertiary/aromatic N) is 2. The summed E-state index contributed by atoms with van der Waals surface area (Å²) in [6.07, 6.45) is 5.08. The highest BCUT2D eigenvalue weighted by atomic mass is 35.5. The van der Waals surface area contributed by atoms with Gasteiger partial charge in [-0.1, -0.05) is 24.6 Å². The van der Waals surface area contributed by atoms with E-state index in [1.54, 1.807) is 32.0 Å². The van der Waals surface area contributed by atoms with Crippen molar-refractivity contribution in [3.63, 3.8) is 0 Å². The van der Waals surface area contributed by atoms with E-state index in [4.69, 9.17) is 11.6 Å². The second-order valence-electron chi connectivity index (χ2n) is 8.00. The van der Waals surface area contributed by atoms with E-state index in [2.05, 4.69) is 10.2 Å². The fourth-order valence-electron chi connectivity index (χ4n) is 3.99. The summed E-state index contributed by atoms with van der Waals surface area (Å²) < 4.78 is 26.5. The van der Waals surface area contributed by atoms with Gasteiger partial charge in [-0.15, -0.1) is 0 Å². The predicted octanol–water partition coefficient (Wildman–Crippen LogP) is 4.82. The van der Waals surface area contributed by atoms with Gasteiger partial charge in [0.2, 0.25) is 15.9 Å². The number of carbonyl (C=O) groups is 1. The van der Waals surface area contributed by atoms with Crippen LogP contribution in [0.3, 0.4) is 0 Å². The number of rotatable bonds is 7. The zero-order valence-corrected chi connectivity index (χ0v) is 19.8. The minimum absolute atomic E-state index is 0.316. The maximum absolute atomic E-state index is 13.1. The lowest BCUT2D eigenvalue weighted by atomic mass is 10.1. The van der Waals surface area contributed by atoms with Crippen molar-refractivity contribution in [1.82, 2.24) is 0 Å². The van der Waals surface area contributed by atoms with E-state index < -0.39 is 16.1 Å². The number of sulfonamides is 1. The average molecular weight is 464 g/mol. The molecule has 1 fully saturated rings. The number of nitrogens with one attached hydrogen (secondary N) is 1. The minimum Gasteiger partial charge on any atom is -0.372 e. The largest absolute Gasteiger partial charge is 0.372 e. The molecule has 1 heterocycles. The van der Waals surface area contributed by atoms with Gasteiger partial charge in [-0.3, -0.25) is 9.10 Å². The topological polar surface area (TPSA) is 69.7 Å². The third kappa shape index (κ3) is 5.71. The van der Waals surface area contributed by atoms with Crippen molar-refractivity contribution < 1.29 is 13.2 Å². The van der Waals surface area contributed by atoms with E-state index in [9.17, 15) is 13.2 Å². The van der Waals surface area contributed by atoms with Crippen molar-refractivity contribution >= 4 is 44.6 Å². The van der Waals surface area contributed by atoms with Crippen LogP contribution in [0.2, 0.25) is 5.02 Å². The second-order valence-corrected chi connectivity index (χ2v) is 10.3. The van der Waals surface area contributed by atoms with E-state index in [1.807, 2.05) is 24.3 Å². The van der Waals surface area contributed by atoms with Gasteiger partial charge in [0.25, 0.3) is 0 Å². The maximum atomic E-state index is 13.1. The van der Waals surface area contributed by atoms with Crippen molar-refractivity contribution in [3.05, 3.63) is 53.1 Å². The molecule has 1 atom stereocenters. The summed E-state index contributed by atoms with van der Waals surface area (Å²) in [5.41, 5.74) is 2.92. The Morgan fingerprint density at radius 2 is 1.77 bits per heavy atom. The Bertz CT molecular complexity index is 1020. The smallest absolute Gasteiger partial charge is 0.248 e. The molecule has 31 heavy (non-hydrogen) atoms. The molecular formula is C23H30ClN3O3S. The number of hydrogen-bond donors (Lipinski definition) is 1. The molecule has 0 radical (unpaired) electrons. The number of anilines is 3. The standard InChI is InChI=1S/C23H30ClN3O3S/c1-4-21(27(31(3,29)30)22-16-18(24)9-8-17(22)2)23(28)25-19-10-12-20(13-11-19)26-14-6-5-7-15-26/h8-13,16,21H,4-7,14-15H2,1-3H3,(H,25,28)/t21-/m0/s1. The number of hydrogen-bond acceptors (Lipinski definition) is 4. The molecule has 0 unspecified atom stereocenters. The summed E-state index contributed by atoms with van der Waals surface area (Å²) in [6.45, 7) is 5.69. The molecule has 0 aliphatic carbocycles. The van der Waals surface area contributed by atoms with Gasteiger partial charge in [0.15, 0.2) is 0 Å². The predicted molar refractivity (Wildman–Crippen MR) is 129 cm³/mol. The molecule has 0 bridgehead atoms. The maximum Gasteiger partial charge on any atom is 0.248 e. The van der Waals surface area contributed by atoms with Gasteiger partial charge in [-0.05, 0) is 74.6 Å². The number of aryl methyl sites for hydroxylation is 1. The van der Waals surface area contributed by atoms with E-state index in [0.29, 0.717) is 22.8 Å². The second kappa shape index (κ2) is 9.92. The Hall–Kier alpha value is -2.25. The number of carbonyl (C=O) groups excluding carboxylic acids is 1. The third-order valence-corrected chi connectivity index (χ3v) is 7.00. The van der Waals surface area contributed by atoms with Crippen molar-refractivity contribution in [2.45, 2.75) is 45.6 Å². The zero-order valence-electron chi connectivity index (χ0n) is 18.3. The molecule has 1 N–H and O–H groups in total. The van der Waals surface area contributed by atoms with Gasteiger partial charge in [0.1, 0.15) is 6.04 Å². The molecule has 2 aromatic carbocycles. The number of halogens is 1. The molecule has 1 aliphatic heterocycles. The van der Waals surface area contributed by atoms with Crippen LogP contribution < -0.4 is 14.5 Å². The third-order valence-electron chi connectivity index (χ3n) is 5.59. The summed E-state index contributed by atoms with van der Waals surface area (Å²) in [7, 11) is -3.72. The number of piperidine rings is 1. The summed E-state index contributed by atoms with van der Waals surface area (Å²) >= 11 is 6.12. The highest BCUT2D eigenvalue weighted by Gasteiger charge is 2.32. The Balaban J connectivity index is 1.82. The fourth-order valence-corrected chi connectivity index (χ4v) is 5.42. The van der Waals surface area contributed by atoms with Gasteiger partial charge in [-0.25, -0.2) is 8.42 Å². The Morgan fingerprint density at radius 3 is 2.35 bits per heavy atom. The molecule has 2 aromatic rings. The summed E-state index contributed by atoms with van der Waals surface area (Å²) in [5, 5.41) is 3.30. The van der Waals surface area contributed by atoms with E-state index in [-0.39, 0.29) is 5.91 Å². The lowest BCUT2D eigenvalue weighted by molar-refractivity contribution is -0.117. The zero-order chi connectivity index (χ0) is 22.6. The first-order valence-corrected chi connectivity index (χ1v) is 12.8. The van der Waals surface area contributed by atoms with Crippen LogP contribution in [0, 0.1) is 6.92 Å². The molecule has 168 valence electrons. The lowest BCUT2D eigenvalue weighted by Gasteiger charge is -2.31. The van der Waals surface area contributed by atoms with Gasteiger partial charge in [-0.2, -0.15) is 0 Å². The van der Waals surface area contributed by atoms with Crippen LogP contribution in [0.15, 0.2) is 42.5 Å². The molecule has 0 spiro atoms. The number of amides is 1. The van der Waals surface area contributed by atoms with Gasteiger partial charge >= 0.3 is 0 Å². The molecule has 1 saturated heterocycles. The average Bonchev–Trinajstić information content (AvgIpc) is 2.74. The highest BCUT2D eigenvalue weighted by molar-refractivity contribution is 7.92. The molecule has 1 amide bonds. The first kappa shape index (κ1) is 23.4. The highest BCUT2D eigenvalue weighted by Crippen LogP contribution is 2.30. The van der Waals surface area contributed by atoms with Crippen LogP contribution in [0.5, 0.6) is 0 Å². The SMILES string of the molecule is CC[C@@H](C(=O)Nc1ccc(N2CCCCC2)cc1)N(c1cc(Cl)ccc1C)S(C)(=O)=O. The Morgan fingerprint density at radius 1 is 1.13 bits per heavy atom. The van der Waals surface area contributed by atoms with Crippen LogP contribution in [-0.2, 0) is 14.8 Å². The number of benzene rings is 2. The van der Waals surface area contributed by atoms with Crippen LogP contribution in [0.25, 0.3) is 0 Å². The lowest BCUT2D eigenvalue weighted by Crippen LogP contribution is -2.47.